The first kappa shape index (κ1) is 17.3. The second-order valence-electron chi connectivity index (χ2n) is 5.96. The molecule has 0 atom stereocenters. The Bertz CT molecular complexity index is 341. The molecule has 0 aliphatic carbocycles. The van der Waals surface area contributed by atoms with E-state index in [-0.39, 0.29) is 0 Å². The zero-order valence-electron chi connectivity index (χ0n) is 13.9. The molecule has 0 aromatic carbocycles. The van der Waals surface area contributed by atoms with E-state index in [0.29, 0.717) is 0 Å². The molecule has 0 aliphatic rings. The van der Waals surface area contributed by atoms with E-state index in [0.717, 1.165) is 12.8 Å². The summed E-state index contributed by atoms with van der Waals surface area (Å²) in [6.45, 7) is 6.78. The molecule has 0 spiro atoms. The van der Waals surface area contributed by atoms with Crippen molar-refractivity contribution in [3.05, 3.63) is 17.0 Å². The van der Waals surface area contributed by atoms with E-state index in [4.69, 9.17) is 0 Å². The smallest absolute Gasteiger partial charge is 0.0656 e. The Balaban J connectivity index is 2.27. The van der Waals surface area contributed by atoms with Crippen LogP contribution in [0.1, 0.15) is 95.5 Å². The molecular weight excluding hydrogens is 244 g/mol. The quantitative estimate of drug-likeness (QED) is 0.495. The number of hydrogen-bond acceptors (Lipinski definition) is 1. The average molecular weight is 278 g/mol. The van der Waals surface area contributed by atoms with Crippen molar-refractivity contribution in [1.82, 2.24) is 10.2 Å². The molecule has 1 heterocycles. The first-order valence-corrected chi connectivity index (χ1v) is 8.88. The minimum atomic E-state index is 1.13. The number of aromatic amines is 1. The summed E-state index contributed by atoms with van der Waals surface area (Å²) in [6.07, 6.45) is 15.6. The fraction of sp³-hybridized carbons (Fsp3) is 0.833. The lowest BCUT2D eigenvalue weighted by Crippen LogP contribution is -1.95. The van der Waals surface area contributed by atoms with E-state index >= 15 is 0 Å². The van der Waals surface area contributed by atoms with Crippen molar-refractivity contribution in [3.63, 3.8) is 0 Å². The van der Waals surface area contributed by atoms with Gasteiger partial charge in [0.15, 0.2) is 0 Å². The number of H-pyrrole nitrogens is 1. The number of nitrogens with one attached hydrogen (secondary N) is 1. The summed E-state index contributed by atoms with van der Waals surface area (Å²) in [5.74, 6) is 0. The van der Waals surface area contributed by atoms with Gasteiger partial charge in [0.2, 0.25) is 0 Å². The van der Waals surface area contributed by atoms with Crippen LogP contribution >= 0.6 is 0 Å². The van der Waals surface area contributed by atoms with Crippen LogP contribution in [0.2, 0.25) is 0 Å². The van der Waals surface area contributed by atoms with Crippen LogP contribution in [-0.2, 0) is 19.3 Å². The molecule has 1 aromatic rings. The summed E-state index contributed by atoms with van der Waals surface area (Å²) in [6, 6.07) is 0. The third kappa shape index (κ3) is 6.11. The molecule has 0 unspecified atom stereocenters. The summed E-state index contributed by atoms with van der Waals surface area (Å²) >= 11 is 0. The maximum absolute atomic E-state index is 4.54. The highest BCUT2D eigenvalue weighted by atomic mass is 15.1. The fourth-order valence-electron chi connectivity index (χ4n) is 2.88. The number of hydrogen-bond donors (Lipinski definition) is 1. The third-order valence-corrected chi connectivity index (χ3v) is 4.19. The topological polar surface area (TPSA) is 28.7 Å². The first-order valence-electron chi connectivity index (χ1n) is 8.88. The van der Waals surface area contributed by atoms with Gasteiger partial charge in [-0.25, -0.2) is 0 Å². The molecular formula is C18H34N2. The zero-order chi connectivity index (χ0) is 14.6. The van der Waals surface area contributed by atoms with E-state index in [1.54, 1.807) is 0 Å². The molecule has 0 fully saturated rings. The van der Waals surface area contributed by atoms with Gasteiger partial charge in [-0.1, -0.05) is 65.7 Å². The molecule has 0 saturated heterocycles. The van der Waals surface area contributed by atoms with Crippen molar-refractivity contribution in [2.75, 3.05) is 0 Å². The summed E-state index contributed by atoms with van der Waals surface area (Å²) in [7, 11) is 0. The van der Waals surface area contributed by atoms with Crippen LogP contribution in [0.5, 0.6) is 0 Å². The molecule has 1 aromatic heterocycles. The predicted molar refractivity (Wildman–Crippen MR) is 88.3 cm³/mol. The third-order valence-electron chi connectivity index (χ3n) is 4.19. The normalized spacial score (nSPS) is 11.2. The van der Waals surface area contributed by atoms with Crippen molar-refractivity contribution in [1.29, 1.82) is 0 Å². The van der Waals surface area contributed by atoms with E-state index in [9.17, 15) is 0 Å². The van der Waals surface area contributed by atoms with Crippen LogP contribution in [-0.4, -0.2) is 10.2 Å². The van der Waals surface area contributed by atoms with Gasteiger partial charge in [0.1, 0.15) is 0 Å². The molecule has 2 heteroatoms. The zero-order valence-corrected chi connectivity index (χ0v) is 13.9. The number of unbranched alkanes of at least 4 members (excludes halogenated alkanes) is 7. The van der Waals surface area contributed by atoms with Crippen LogP contribution in [0, 0.1) is 0 Å². The highest BCUT2D eigenvalue weighted by Crippen LogP contribution is 2.17. The molecule has 1 rings (SSSR count). The largest absolute Gasteiger partial charge is 0.282 e. The van der Waals surface area contributed by atoms with Crippen LogP contribution in [0.4, 0.5) is 0 Å². The van der Waals surface area contributed by atoms with E-state index in [1.807, 2.05) is 0 Å². The first-order chi connectivity index (χ1) is 9.83. The molecule has 0 amide bonds. The van der Waals surface area contributed by atoms with Gasteiger partial charge in [0, 0.05) is 5.69 Å². The van der Waals surface area contributed by atoms with Gasteiger partial charge in [-0.05, 0) is 37.7 Å². The van der Waals surface area contributed by atoms with Gasteiger partial charge in [-0.3, -0.25) is 5.10 Å². The van der Waals surface area contributed by atoms with Crippen molar-refractivity contribution >= 4 is 0 Å². The molecule has 2 nitrogen and oxygen atoms in total. The highest BCUT2D eigenvalue weighted by Gasteiger charge is 2.10. The molecule has 0 radical (unpaired) electrons. The van der Waals surface area contributed by atoms with Crippen LogP contribution in [0.15, 0.2) is 0 Å². The SMILES string of the molecule is CCCCCCCCCc1[nH]nc(CCCC)c1CC. The van der Waals surface area contributed by atoms with Crippen molar-refractivity contribution in [2.24, 2.45) is 0 Å². The number of nitrogens with zero attached hydrogens (tertiary/aromatic N) is 1. The van der Waals surface area contributed by atoms with Crippen molar-refractivity contribution < 1.29 is 0 Å². The Morgan fingerprint density at radius 2 is 1.40 bits per heavy atom. The molecule has 20 heavy (non-hydrogen) atoms. The van der Waals surface area contributed by atoms with Crippen LogP contribution in [0.25, 0.3) is 0 Å². The fourth-order valence-corrected chi connectivity index (χ4v) is 2.88. The Morgan fingerprint density at radius 1 is 0.750 bits per heavy atom. The number of rotatable bonds is 12. The second kappa shape index (κ2) is 10.9. The summed E-state index contributed by atoms with van der Waals surface area (Å²) < 4.78 is 0. The molecule has 116 valence electrons. The van der Waals surface area contributed by atoms with E-state index in [2.05, 4.69) is 31.0 Å². The minimum Gasteiger partial charge on any atom is -0.282 e. The standard InChI is InChI=1S/C18H34N2/c1-4-7-9-10-11-12-13-15-18-16(6-3)17(19-20-18)14-8-5-2/h4-15H2,1-3H3,(H,19,20). The Morgan fingerprint density at radius 3 is 2.05 bits per heavy atom. The number of aromatic nitrogens is 2. The molecule has 0 saturated carbocycles. The molecule has 1 N–H and O–H groups in total. The lowest BCUT2D eigenvalue weighted by Gasteiger charge is -2.04. The lowest BCUT2D eigenvalue weighted by atomic mass is 10.0. The molecule has 0 aliphatic heterocycles. The van der Waals surface area contributed by atoms with Gasteiger partial charge >= 0.3 is 0 Å². The summed E-state index contributed by atoms with van der Waals surface area (Å²) in [5.41, 5.74) is 4.24. The van der Waals surface area contributed by atoms with Gasteiger partial charge in [-0.2, -0.15) is 5.10 Å². The average Bonchev–Trinajstić information content (AvgIpc) is 2.86. The summed E-state index contributed by atoms with van der Waals surface area (Å²) in [4.78, 5) is 0. The van der Waals surface area contributed by atoms with Crippen LogP contribution in [0.3, 0.4) is 0 Å². The van der Waals surface area contributed by atoms with Gasteiger partial charge in [0.05, 0.1) is 5.69 Å². The lowest BCUT2D eigenvalue weighted by molar-refractivity contribution is 0.586. The highest BCUT2D eigenvalue weighted by molar-refractivity contribution is 5.25. The maximum Gasteiger partial charge on any atom is 0.0656 e. The monoisotopic (exact) mass is 278 g/mol. The van der Waals surface area contributed by atoms with Crippen molar-refractivity contribution in [3.8, 4) is 0 Å². The van der Waals surface area contributed by atoms with Crippen molar-refractivity contribution in [2.45, 2.75) is 97.8 Å². The molecule has 0 bridgehead atoms. The Hall–Kier alpha value is -0.790. The number of aryl methyl sites for hydroxylation is 2. The van der Waals surface area contributed by atoms with Crippen LogP contribution < -0.4 is 0 Å². The van der Waals surface area contributed by atoms with Gasteiger partial charge < -0.3 is 0 Å². The minimum absolute atomic E-state index is 1.13. The predicted octanol–water partition coefficient (Wildman–Crippen LogP) is 5.61. The van der Waals surface area contributed by atoms with E-state index < -0.39 is 0 Å². The Labute approximate surface area is 125 Å². The Kier molecular flexibility index (Phi) is 9.44. The summed E-state index contributed by atoms with van der Waals surface area (Å²) in [5, 5.41) is 7.83. The van der Waals surface area contributed by atoms with Gasteiger partial charge in [-0.15, -0.1) is 0 Å². The maximum atomic E-state index is 4.54. The van der Waals surface area contributed by atoms with E-state index in [1.165, 1.54) is 81.2 Å². The second-order valence-corrected chi connectivity index (χ2v) is 5.96. The van der Waals surface area contributed by atoms with Gasteiger partial charge in [0.25, 0.3) is 0 Å².